The van der Waals surface area contributed by atoms with Crippen LogP contribution in [0.15, 0.2) is 47.4 Å². The third kappa shape index (κ3) is 4.29. The van der Waals surface area contributed by atoms with Crippen LogP contribution in [-0.2, 0) is 4.79 Å². The lowest BCUT2D eigenvalue weighted by Gasteiger charge is -2.09. The molecule has 0 radical (unpaired) electrons. The summed E-state index contributed by atoms with van der Waals surface area (Å²) in [7, 11) is 0. The summed E-state index contributed by atoms with van der Waals surface area (Å²) in [5.41, 5.74) is 5.38. The number of nitrogens with one attached hydrogen (secondary N) is 1. The van der Waals surface area contributed by atoms with Crippen molar-refractivity contribution >= 4 is 29.3 Å². The smallest absolute Gasteiger partial charge is 0.256 e. The average molecular weight is 322 g/mol. The normalized spacial score (nSPS) is 10.3. The van der Waals surface area contributed by atoms with Crippen molar-refractivity contribution in [2.45, 2.75) is 4.90 Å². The van der Waals surface area contributed by atoms with Gasteiger partial charge in [-0.05, 0) is 24.3 Å². The zero-order valence-corrected chi connectivity index (χ0v) is 12.1. The molecule has 0 bridgehead atoms. The number of hydrogen-bond donors (Lipinski definition) is 2. The first-order valence-corrected chi connectivity index (χ1v) is 7.22. The highest BCUT2D eigenvalue weighted by Crippen LogP contribution is 2.23. The fraction of sp³-hybridized carbons (Fsp3) is 0.0667. The maximum absolute atomic E-state index is 13.1. The predicted octanol–water partition coefficient (Wildman–Crippen LogP) is 2.79. The monoisotopic (exact) mass is 322 g/mol. The van der Waals surface area contributed by atoms with Crippen molar-refractivity contribution in [2.24, 2.45) is 5.73 Å². The first-order chi connectivity index (χ1) is 10.5. The van der Waals surface area contributed by atoms with Crippen molar-refractivity contribution in [3.05, 3.63) is 59.7 Å². The Labute approximate surface area is 129 Å². The lowest BCUT2D eigenvalue weighted by atomic mass is 10.2. The Morgan fingerprint density at radius 2 is 1.73 bits per heavy atom. The van der Waals surface area contributed by atoms with E-state index in [4.69, 9.17) is 5.73 Å². The van der Waals surface area contributed by atoms with E-state index in [0.29, 0.717) is 16.5 Å². The number of nitrogens with two attached hydrogens (primary N) is 1. The zero-order chi connectivity index (χ0) is 16.1. The number of halogens is 2. The van der Waals surface area contributed by atoms with Crippen molar-refractivity contribution < 1.29 is 18.4 Å². The summed E-state index contributed by atoms with van der Waals surface area (Å²) in [5.74, 6) is -2.58. The molecule has 0 heterocycles. The van der Waals surface area contributed by atoms with Crippen LogP contribution in [0.4, 0.5) is 14.5 Å². The molecular weight excluding hydrogens is 310 g/mol. The van der Waals surface area contributed by atoms with Crippen molar-refractivity contribution in [1.82, 2.24) is 0 Å². The van der Waals surface area contributed by atoms with Crippen LogP contribution >= 0.6 is 11.8 Å². The first-order valence-electron chi connectivity index (χ1n) is 6.23. The Kier molecular flexibility index (Phi) is 5.11. The van der Waals surface area contributed by atoms with E-state index in [1.807, 2.05) is 0 Å². The zero-order valence-electron chi connectivity index (χ0n) is 11.3. The molecule has 22 heavy (non-hydrogen) atoms. The molecule has 0 saturated heterocycles. The second kappa shape index (κ2) is 7.04. The molecule has 2 rings (SSSR count). The van der Waals surface area contributed by atoms with Gasteiger partial charge in [-0.25, -0.2) is 8.78 Å². The molecule has 0 aliphatic rings. The van der Waals surface area contributed by atoms with Gasteiger partial charge < -0.3 is 11.1 Å². The van der Waals surface area contributed by atoms with Crippen molar-refractivity contribution in [2.75, 3.05) is 11.1 Å². The van der Waals surface area contributed by atoms with Crippen LogP contribution in [0.1, 0.15) is 10.4 Å². The van der Waals surface area contributed by atoms with Crippen LogP contribution in [0.5, 0.6) is 0 Å². The lowest BCUT2D eigenvalue weighted by Crippen LogP contribution is -2.15. The SMILES string of the molecule is NC(=O)CSc1ccccc1C(=O)Nc1cc(F)cc(F)c1. The van der Waals surface area contributed by atoms with Crippen molar-refractivity contribution in [3.8, 4) is 0 Å². The Bertz CT molecular complexity index is 702. The van der Waals surface area contributed by atoms with Gasteiger partial charge in [0, 0.05) is 16.6 Å². The fourth-order valence-electron chi connectivity index (χ4n) is 1.75. The van der Waals surface area contributed by atoms with Gasteiger partial charge in [0.25, 0.3) is 5.91 Å². The van der Waals surface area contributed by atoms with Crippen LogP contribution < -0.4 is 11.1 Å². The molecular formula is C15H12F2N2O2S. The molecule has 0 fully saturated rings. The molecule has 0 aromatic heterocycles. The summed E-state index contributed by atoms with van der Waals surface area (Å²) >= 11 is 1.12. The number of benzene rings is 2. The van der Waals surface area contributed by atoms with E-state index in [9.17, 15) is 18.4 Å². The minimum absolute atomic E-state index is 0.0113. The van der Waals surface area contributed by atoms with Crippen LogP contribution in [0, 0.1) is 11.6 Å². The van der Waals surface area contributed by atoms with E-state index < -0.39 is 23.4 Å². The lowest BCUT2D eigenvalue weighted by molar-refractivity contribution is -0.115. The molecule has 0 atom stereocenters. The number of carbonyl (C=O) groups is 2. The predicted molar refractivity (Wildman–Crippen MR) is 80.7 cm³/mol. The minimum atomic E-state index is -0.785. The van der Waals surface area contributed by atoms with Gasteiger partial charge >= 0.3 is 0 Å². The van der Waals surface area contributed by atoms with E-state index in [1.165, 1.54) is 0 Å². The molecule has 2 aromatic carbocycles. The van der Waals surface area contributed by atoms with E-state index in [1.54, 1.807) is 24.3 Å². The number of hydrogen-bond acceptors (Lipinski definition) is 3. The highest BCUT2D eigenvalue weighted by Gasteiger charge is 2.13. The number of anilines is 1. The number of carbonyl (C=O) groups excluding carboxylic acids is 2. The Balaban J connectivity index is 2.20. The fourth-order valence-corrected chi connectivity index (χ4v) is 2.54. The Hall–Kier alpha value is -2.41. The minimum Gasteiger partial charge on any atom is -0.369 e. The van der Waals surface area contributed by atoms with Gasteiger partial charge in [-0.1, -0.05) is 12.1 Å². The number of thioether (sulfide) groups is 1. The average Bonchev–Trinajstić information content (AvgIpc) is 2.44. The molecule has 2 aromatic rings. The topological polar surface area (TPSA) is 72.2 Å². The number of amides is 2. The summed E-state index contributed by atoms with van der Waals surface area (Å²) in [4.78, 5) is 23.6. The first kappa shape index (κ1) is 16.0. The quantitative estimate of drug-likeness (QED) is 0.832. The molecule has 3 N–H and O–H groups in total. The summed E-state index contributed by atoms with van der Waals surface area (Å²) in [5, 5.41) is 2.42. The van der Waals surface area contributed by atoms with Gasteiger partial charge in [-0.3, -0.25) is 9.59 Å². The molecule has 114 valence electrons. The summed E-state index contributed by atoms with van der Waals surface area (Å²) in [6, 6.07) is 9.31. The van der Waals surface area contributed by atoms with E-state index in [0.717, 1.165) is 23.9 Å². The van der Waals surface area contributed by atoms with E-state index in [-0.39, 0.29) is 11.4 Å². The second-order valence-corrected chi connectivity index (χ2v) is 5.38. The highest BCUT2D eigenvalue weighted by molar-refractivity contribution is 8.00. The molecule has 7 heteroatoms. The van der Waals surface area contributed by atoms with Crippen LogP contribution in [-0.4, -0.2) is 17.6 Å². The van der Waals surface area contributed by atoms with Gasteiger partial charge in [-0.2, -0.15) is 0 Å². The van der Waals surface area contributed by atoms with Crippen LogP contribution in [0.2, 0.25) is 0 Å². The third-order valence-corrected chi connectivity index (χ3v) is 3.72. The molecule has 4 nitrogen and oxygen atoms in total. The highest BCUT2D eigenvalue weighted by atomic mass is 32.2. The molecule has 0 unspecified atom stereocenters. The molecule has 0 saturated carbocycles. The summed E-state index contributed by atoms with van der Waals surface area (Å²) in [6.45, 7) is 0. The summed E-state index contributed by atoms with van der Waals surface area (Å²) < 4.78 is 26.2. The van der Waals surface area contributed by atoms with E-state index >= 15 is 0 Å². The number of primary amides is 1. The molecule has 0 aliphatic heterocycles. The largest absolute Gasteiger partial charge is 0.369 e. The Morgan fingerprint density at radius 3 is 2.36 bits per heavy atom. The van der Waals surface area contributed by atoms with Gasteiger partial charge in [0.05, 0.1) is 11.3 Å². The van der Waals surface area contributed by atoms with Gasteiger partial charge in [-0.15, -0.1) is 11.8 Å². The third-order valence-electron chi connectivity index (χ3n) is 2.62. The standard InChI is InChI=1S/C15H12F2N2O2S/c16-9-5-10(17)7-11(6-9)19-15(21)12-3-1-2-4-13(12)22-8-14(18)20/h1-7H,8H2,(H2,18,20)(H,19,21). The van der Waals surface area contributed by atoms with Gasteiger partial charge in [0.15, 0.2) is 0 Å². The van der Waals surface area contributed by atoms with Gasteiger partial charge in [0.1, 0.15) is 11.6 Å². The number of rotatable bonds is 5. The summed E-state index contributed by atoms with van der Waals surface area (Å²) in [6.07, 6.45) is 0. The molecule has 0 aliphatic carbocycles. The van der Waals surface area contributed by atoms with Crippen molar-refractivity contribution in [1.29, 1.82) is 0 Å². The van der Waals surface area contributed by atoms with Crippen molar-refractivity contribution in [3.63, 3.8) is 0 Å². The maximum Gasteiger partial charge on any atom is 0.256 e. The van der Waals surface area contributed by atoms with E-state index in [2.05, 4.69) is 5.32 Å². The van der Waals surface area contributed by atoms with Crippen LogP contribution in [0.3, 0.4) is 0 Å². The molecule has 0 spiro atoms. The Morgan fingerprint density at radius 1 is 1.09 bits per heavy atom. The van der Waals surface area contributed by atoms with Crippen LogP contribution in [0.25, 0.3) is 0 Å². The second-order valence-electron chi connectivity index (χ2n) is 4.36. The molecule has 2 amide bonds. The van der Waals surface area contributed by atoms with Gasteiger partial charge in [0.2, 0.25) is 5.91 Å². The maximum atomic E-state index is 13.1.